The first-order chi connectivity index (χ1) is 12.7. The number of aliphatic carboxylic acids is 1. The fourth-order valence-electron chi connectivity index (χ4n) is 4.05. The van der Waals surface area contributed by atoms with Crippen LogP contribution in [0.4, 0.5) is 0 Å². The second kappa shape index (κ2) is 9.27. The molecule has 1 rings (SSSR count). The topological polar surface area (TPSA) is 92.7 Å². The van der Waals surface area contributed by atoms with E-state index >= 15 is 0 Å². The van der Waals surface area contributed by atoms with E-state index in [4.69, 9.17) is 4.74 Å². The van der Waals surface area contributed by atoms with Crippen LogP contribution >= 0.6 is 0 Å². The highest BCUT2D eigenvalue weighted by Crippen LogP contribution is 2.47. The van der Waals surface area contributed by atoms with Crippen LogP contribution in [0, 0.1) is 28.1 Å². The number of carboxylic acid groups (broad SMARTS) is 1. The maximum absolute atomic E-state index is 12.9. The normalized spacial score (nSPS) is 22.8. The summed E-state index contributed by atoms with van der Waals surface area (Å²) in [6, 6.07) is 0. The van der Waals surface area contributed by atoms with Gasteiger partial charge >= 0.3 is 11.9 Å². The highest BCUT2D eigenvalue weighted by atomic mass is 16.5. The van der Waals surface area contributed by atoms with Crippen LogP contribution < -0.4 is 5.32 Å². The van der Waals surface area contributed by atoms with Crippen molar-refractivity contribution in [3.8, 4) is 0 Å². The van der Waals surface area contributed by atoms with Crippen molar-refractivity contribution in [1.29, 1.82) is 0 Å². The van der Waals surface area contributed by atoms with Crippen LogP contribution in [-0.4, -0.2) is 36.1 Å². The van der Waals surface area contributed by atoms with E-state index in [-0.39, 0.29) is 35.9 Å². The van der Waals surface area contributed by atoms with Gasteiger partial charge in [0.15, 0.2) is 0 Å². The van der Waals surface area contributed by atoms with Crippen LogP contribution in [0.5, 0.6) is 0 Å². The third kappa shape index (κ3) is 6.49. The summed E-state index contributed by atoms with van der Waals surface area (Å²) in [5.74, 6) is -2.54. The molecule has 0 aromatic rings. The Morgan fingerprint density at radius 3 is 1.96 bits per heavy atom. The number of ether oxygens (including phenoxy) is 1. The third-order valence-electron chi connectivity index (χ3n) is 6.04. The lowest BCUT2D eigenvalue weighted by Crippen LogP contribution is -2.45. The number of amides is 1. The Morgan fingerprint density at radius 2 is 1.50 bits per heavy atom. The molecule has 0 aromatic carbocycles. The van der Waals surface area contributed by atoms with Crippen LogP contribution in [0.2, 0.25) is 0 Å². The van der Waals surface area contributed by atoms with E-state index in [2.05, 4.69) is 26.1 Å². The summed E-state index contributed by atoms with van der Waals surface area (Å²) in [4.78, 5) is 36.6. The largest absolute Gasteiger partial charge is 0.481 e. The zero-order valence-electron chi connectivity index (χ0n) is 18.7. The van der Waals surface area contributed by atoms with Crippen LogP contribution in [0.3, 0.4) is 0 Å². The Morgan fingerprint density at radius 1 is 0.964 bits per heavy atom. The smallest absolute Gasteiger partial charge is 0.312 e. The predicted octanol–water partition coefficient (Wildman–Crippen LogP) is 4.03. The van der Waals surface area contributed by atoms with Gasteiger partial charge in [0.2, 0.25) is 5.91 Å². The summed E-state index contributed by atoms with van der Waals surface area (Å²) < 4.78 is 5.52. The number of carboxylic acids is 1. The first kappa shape index (κ1) is 24.4. The summed E-state index contributed by atoms with van der Waals surface area (Å²) in [6.07, 6.45) is 3.54. The van der Waals surface area contributed by atoms with Crippen molar-refractivity contribution in [2.75, 3.05) is 13.2 Å². The highest BCUT2D eigenvalue weighted by Gasteiger charge is 2.47. The number of hydrogen-bond donors (Lipinski definition) is 2. The summed E-state index contributed by atoms with van der Waals surface area (Å²) >= 11 is 0. The minimum atomic E-state index is -0.908. The minimum absolute atomic E-state index is 0.0257. The van der Waals surface area contributed by atoms with E-state index in [0.717, 1.165) is 12.8 Å². The molecule has 1 aliphatic rings. The average Bonchev–Trinajstić information content (AvgIpc) is 2.55. The number of carbonyl (C=O) groups is 3. The number of hydrogen-bond acceptors (Lipinski definition) is 4. The molecule has 0 heterocycles. The summed E-state index contributed by atoms with van der Waals surface area (Å²) in [5.41, 5.74) is -0.938. The van der Waals surface area contributed by atoms with E-state index in [9.17, 15) is 19.5 Å². The van der Waals surface area contributed by atoms with Gasteiger partial charge in [-0.25, -0.2) is 0 Å². The van der Waals surface area contributed by atoms with Crippen molar-refractivity contribution in [3.63, 3.8) is 0 Å². The van der Waals surface area contributed by atoms with Crippen LogP contribution in [0.15, 0.2) is 0 Å². The van der Waals surface area contributed by atoms with Crippen LogP contribution in [0.25, 0.3) is 0 Å². The second-order valence-electron chi connectivity index (χ2n) is 10.6. The van der Waals surface area contributed by atoms with Gasteiger partial charge in [-0.3, -0.25) is 14.4 Å². The summed E-state index contributed by atoms with van der Waals surface area (Å²) in [7, 11) is 0. The highest BCUT2D eigenvalue weighted by molar-refractivity contribution is 5.85. The molecule has 3 atom stereocenters. The maximum atomic E-state index is 12.9. The lowest BCUT2D eigenvalue weighted by atomic mass is 9.61. The quantitative estimate of drug-likeness (QED) is 0.500. The SMILES string of the molecule is CC(C)(C)CC(C)(C(=O)OCCNC(=O)C1CCCCC1C(=O)O)C(C)(C)C. The van der Waals surface area contributed by atoms with Crippen molar-refractivity contribution in [1.82, 2.24) is 5.32 Å². The maximum Gasteiger partial charge on any atom is 0.312 e. The molecular weight excluding hydrogens is 358 g/mol. The average molecular weight is 398 g/mol. The molecule has 3 unspecified atom stereocenters. The molecule has 0 radical (unpaired) electrons. The van der Waals surface area contributed by atoms with Gasteiger partial charge in [0.25, 0.3) is 0 Å². The van der Waals surface area contributed by atoms with E-state index in [1.165, 1.54) is 0 Å². The molecule has 28 heavy (non-hydrogen) atoms. The molecule has 162 valence electrons. The Hall–Kier alpha value is -1.59. The Labute approximate surface area is 169 Å². The van der Waals surface area contributed by atoms with Gasteiger partial charge in [-0.2, -0.15) is 0 Å². The number of nitrogens with one attached hydrogen (secondary N) is 1. The monoisotopic (exact) mass is 397 g/mol. The Bertz CT molecular complexity index is 572. The van der Waals surface area contributed by atoms with E-state index in [0.29, 0.717) is 19.3 Å². The molecule has 0 saturated heterocycles. The van der Waals surface area contributed by atoms with Crippen molar-refractivity contribution in [2.45, 2.75) is 80.6 Å². The zero-order valence-corrected chi connectivity index (χ0v) is 18.7. The first-order valence-corrected chi connectivity index (χ1v) is 10.4. The molecule has 0 bridgehead atoms. The van der Waals surface area contributed by atoms with Crippen molar-refractivity contribution in [2.24, 2.45) is 28.1 Å². The Balaban J connectivity index is 2.60. The molecule has 1 fully saturated rings. The lowest BCUT2D eigenvalue weighted by Gasteiger charge is -2.43. The van der Waals surface area contributed by atoms with E-state index < -0.39 is 23.2 Å². The third-order valence-corrected chi connectivity index (χ3v) is 6.04. The zero-order chi connectivity index (χ0) is 21.8. The summed E-state index contributed by atoms with van der Waals surface area (Å²) in [5, 5.41) is 12.1. The lowest BCUT2D eigenvalue weighted by molar-refractivity contribution is -0.164. The van der Waals surface area contributed by atoms with Gasteiger partial charge in [-0.15, -0.1) is 0 Å². The van der Waals surface area contributed by atoms with Gasteiger partial charge in [0.05, 0.1) is 23.8 Å². The Kier molecular flexibility index (Phi) is 8.10. The van der Waals surface area contributed by atoms with Crippen molar-refractivity contribution >= 4 is 17.8 Å². The molecule has 0 spiro atoms. The van der Waals surface area contributed by atoms with E-state index in [1.807, 2.05) is 27.7 Å². The minimum Gasteiger partial charge on any atom is -0.481 e. The van der Waals surface area contributed by atoms with Crippen LogP contribution in [-0.2, 0) is 19.1 Å². The van der Waals surface area contributed by atoms with Crippen molar-refractivity contribution < 1.29 is 24.2 Å². The van der Waals surface area contributed by atoms with E-state index in [1.54, 1.807) is 0 Å². The van der Waals surface area contributed by atoms with Gasteiger partial charge in [-0.1, -0.05) is 54.4 Å². The van der Waals surface area contributed by atoms with Gasteiger partial charge in [0.1, 0.15) is 6.61 Å². The molecule has 6 heteroatoms. The van der Waals surface area contributed by atoms with Crippen LogP contribution in [0.1, 0.15) is 80.6 Å². The van der Waals surface area contributed by atoms with Gasteiger partial charge in [0, 0.05) is 0 Å². The number of carbonyl (C=O) groups excluding carboxylic acids is 2. The fraction of sp³-hybridized carbons (Fsp3) is 0.864. The predicted molar refractivity (Wildman–Crippen MR) is 109 cm³/mol. The molecule has 0 aromatic heterocycles. The first-order valence-electron chi connectivity index (χ1n) is 10.4. The molecule has 1 saturated carbocycles. The fourth-order valence-corrected chi connectivity index (χ4v) is 4.05. The van der Waals surface area contributed by atoms with Gasteiger partial charge < -0.3 is 15.2 Å². The molecule has 6 nitrogen and oxygen atoms in total. The second-order valence-corrected chi connectivity index (χ2v) is 10.6. The number of esters is 1. The van der Waals surface area contributed by atoms with Gasteiger partial charge in [-0.05, 0) is 37.0 Å². The summed E-state index contributed by atoms with van der Waals surface area (Å²) in [6.45, 7) is 14.7. The molecule has 1 amide bonds. The molecule has 2 N–H and O–H groups in total. The molecular formula is C22H39NO5. The molecule has 0 aliphatic heterocycles. The standard InChI is InChI=1S/C22H39NO5/c1-20(2,3)14-22(7,21(4,5)6)19(27)28-13-12-23-17(24)15-10-8-9-11-16(15)18(25)26/h15-16H,8-14H2,1-7H3,(H,23,24)(H,25,26). The van der Waals surface area contributed by atoms with Crippen molar-refractivity contribution in [3.05, 3.63) is 0 Å². The molecule has 1 aliphatic carbocycles. The number of rotatable bonds is 7.